The van der Waals surface area contributed by atoms with Gasteiger partial charge in [-0.3, -0.25) is 9.78 Å². The Bertz CT molecular complexity index is 725. The standard InChI is InChI=1S/C19H25N5O2/c1-3-11-26-19-18(21-8-9-22-19)24-10-6-16(14-24)23(2)17(25)12-15-5-4-7-20-13-15/h4-5,7-9,13,16H,3,6,10-12,14H2,1-2H3. The van der Waals surface area contributed by atoms with E-state index in [4.69, 9.17) is 4.74 Å². The number of pyridine rings is 1. The van der Waals surface area contributed by atoms with Crippen LogP contribution < -0.4 is 9.64 Å². The van der Waals surface area contributed by atoms with Crippen molar-refractivity contribution in [3.8, 4) is 5.88 Å². The van der Waals surface area contributed by atoms with E-state index < -0.39 is 0 Å². The third-order valence-electron chi connectivity index (χ3n) is 4.57. The normalized spacial score (nSPS) is 16.5. The highest BCUT2D eigenvalue weighted by molar-refractivity contribution is 5.79. The molecule has 138 valence electrons. The highest BCUT2D eigenvalue weighted by Gasteiger charge is 2.30. The minimum Gasteiger partial charge on any atom is -0.475 e. The van der Waals surface area contributed by atoms with Crippen LogP contribution in [0.25, 0.3) is 0 Å². The van der Waals surface area contributed by atoms with Crippen LogP contribution in [0.5, 0.6) is 5.88 Å². The second kappa shape index (κ2) is 8.60. The maximum atomic E-state index is 12.6. The predicted molar refractivity (Wildman–Crippen MR) is 99.1 cm³/mol. The van der Waals surface area contributed by atoms with Crippen LogP contribution in [0.4, 0.5) is 5.82 Å². The predicted octanol–water partition coefficient (Wildman–Crippen LogP) is 1.94. The molecule has 3 heterocycles. The molecule has 0 radical (unpaired) electrons. The van der Waals surface area contributed by atoms with E-state index in [9.17, 15) is 4.79 Å². The van der Waals surface area contributed by atoms with Crippen molar-refractivity contribution < 1.29 is 9.53 Å². The molecule has 0 saturated carbocycles. The van der Waals surface area contributed by atoms with Crippen molar-refractivity contribution in [3.63, 3.8) is 0 Å². The fraction of sp³-hybridized carbons (Fsp3) is 0.474. The third-order valence-corrected chi connectivity index (χ3v) is 4.57. The van der Waals surface area contributed by atoms with Gasteiger partial charge in [-0.15, -0.1) is 0 Å². The van der Waals surface area contributed by atoms with Crippen LogP contribution in [0.2, 0.25) is 0 Å². The van der Waals surface area contributed by atoms with Crippen molar-refractivity contribution in [1.29, 1.82) is 0 Å². The van der Waals surface area contributed by atoms with E-state index in [1.807, 2.05) is 24.1 Å². The van der Waals surface area contributed by atoms with E-state index in [0.717, 1.165) is 37.3 Å². The summed E-state index contributed by atoms with van der Waals surface area (Å²) in [6, 6.07) is 3.93. The van der Waals surface area contributed by atoms with E-state index in [1.165, 1.54) is 0 Å². The molecule has 1 amide bonds. The van der Waals surface area contributed by atoms with Gasteiger partial charge in [0.25, 0.3) is 5.88 Å². The number of anilines is 1. The van der Waals surface area contributed by atoms with Crippen LogP contribution in [-0.4, -0.2) is 58.5 Å². The molecule has 1 aliphatic heterocycles. The molecule has 1 aliphatic rings. The number of rotatable bonds is 7. The summed E-state index contributed by atoms with van der Waals surface area (Å²) in [5.74, 6) is 1.43. The van der Waals surface area contributed by atoms with Crippen molar-refractivity contribution in [2.45, 2.75) is 32.2 Å². The molecule has 7 heteroatoms. The Labute approximate surface area is 154 Å². The van der Waals surface area contributed by atoms with E-state index >= 15 is 0 Å². The quantitative estimate of drug-likeness (QED) is 0.756. The maximum absolute atomic E-state index is 12.6. The molecule has 0 aliphatic carbocycles. The zero-order chi connectivity index (χ0) is 18.4. The SMILES string of the molecule is CCCOc1nccnc1N1CCC(N(C)C(=O)Cc2cccnc2)C1. The molecule has 1 fully saturated rings. The van der Waals surface area contributed by atoms with Gasteiger partial charge in [-0.25, -0.2) is 9.97 Å². The van der Waals surface area contributed by atoms with Crippen molar-refractivity contribution in [2.75, 3.05) is 31.6 Å². The number of aromatic nitrogens is 3. The Balaban J connectivity index is 1.62. The van der Waals surface area contributed by atoms with Crippen LogP contribution in [0.15, 0.2) is 36.9 Å². The molecular formula is C19H25N5O2. The monoisotopic (exact) mass is 355 g/mol. The van der Waals surface area contributed by atoms with Gasteiger partial charge in [0, 0.05) is 44.9 Å². The Hall–Kier alpha value is -2.70. The molecule has 1 unspecified atom stereocenters. The molecule has 1 saturated heterocycles. The van der Waals surface area contributed by atoms with Gasteiger partial charge >= 0.3 is 0 Å². The van der Waals surface area contributed by atoms with E-state index in [1.54, 1.807) is 24.8 Å². The van der Waals surface area contributed by atoms with Crippen LogP contribution in [0.1, 0.15) is 25.3 Å². The lowest BCUT2D eigenvalue weighted by molar-refractivity contribution is -0.130. The lowest BCUT2D eigenvalue weighted by Crippen LogP contribution is -2.40. The number of nitrogens with zero attached hydrogens (tertiary/aromatic N) is 5. The fourth-order valence-electron chi connectivity index (χ4n) is 3.09. The van der Waals surface area contributed by atoms with Gasteiger partial charge in [-0.2, -0.15) is 0 Å². The summed E-state index contributed by atoms with van der Waals surface area (Å²) in [7, 11) is 1.87. The average Bonchev–Trinajstić information content (AvgIpc) is 3.16. The summed E-state index contributed by atoms with van der Waals surface area (Å²) in [5, 5.41) is 0. The number of carbonyl (C=O) groups is 1. The summed E-state index contributed by atoms with van der Waals surface area (Å²) >= 11 is 0. The Morgan fingerprint density at radius 3 is 2.96 bits per heavy atom. The first-order valence-corrected chi connectivity index (χ1v) is 9.02. The molecule has 26 heavy (non-hydrogen) atoms. The number of carbonyl (C=O) groups excluding carboxylic acids is 1. The van der Waals surface area contributed by atoms with Crippen molar-refractivity contribution >= 4 is 11.7 Å². The summed E-state index contributed by atoms with van der Waals surface area (Å²) in [6.07, 6.45) is 8.97. The van der Waals surface area contributed by atoms with E-state index in [0.29, 0.717) is 18.9 Å². The number of hydrogen-bond donors (Lipinski definition) is 0. The van der Waals surface area contributed by atoms with Crippen LogP contribution in [0.3, 0.4) is 0 Å². The number of likely N-dealkylation sites (N-methyl/N-ethyl adjacent to an activating group) is 1. The first-order chi connectivity index (χ1) is 12.7. The first kappa shape index (κ1) is 18.1. The Kier molecular flexibility index (Phi) is 5.99. The van der Waals surface area contributed by atoms with Crippen LogP contribution in [0, 0.1) is 0 Å². The lowest BCUT2D eigenvalue weighted by Gasteiger charge is -2.25. The smallest absolute Gasteiger partial charge is 0.257 e. The summed E-state index contributed by atoms with van der Waals surface area (Å²) < 4.78 is 5.72. The van der Waals surface area contributed by atoms with Gasteiger partial charge in [0.2, 0.25) is 5.91 Å². The van der Waals surface area contributed by atoms with Gasteiger partial charge in [0.1, 0.15) is 0 Å². The van der Waals surface area contributed by atoms with Crippen LogP contribution >= 0.6 is 0 Å². The van der Waals surface area contributed by atoms with Gasteiger partial charge in [-0.1, -0.05) is 13.0 Å². The summed E-state index contributed by atoms with van der Waals surface area (Å²) in [5.41, 5.74) is 0.934. The molecule has 0 N–H and O–H groups in total. The minimum absolute atomic E-state index is 0.103. The second-order valence-electron chi connectivity index (χ2n) is 6.46. The highest BCUT2D eigenvalue weighted by atomic mass is 16.5. The van der Waals surface area contributed by atoms with Crippen molar-refractivity contribution in [3.05, 3.63) is 42.5 Å². The summed E-state index contributed by atoms with van der Waals surface area (Å²) in [4.78, 5) is 29.4. The first-order valence-electron chi connectivity index (χ1n) is 9.02. The van der Waals surface area contributed by atoms with Gasteiger partial charge in [0.05, 0.1) is 19.1 Å². The average molecular weight is 355 g/mol. The van der Waals surface area contributed by atoms with Gasteiger partial charge < -0.3 is 14.5 Å². The van der Waals surface area contributed by atoms with Crippen molar-refractivity contribution in [1.82, 2.24) is 19.9 Å². The molecule has 1 atom stereocenters. The zero-order valence-corrected chi connectivity index (χ0v) is 15.3. The molecule has 0 spiro atoms. The maximum Gasteiger partial charge on any atom is 0.257 e. The molecule has 2 aromatic heterocycles. The van der Waals surface area contributed by atoms with E-state index in [-0.39, 0.29) is 11.9 Å². The van der Waals surface area contributed by atoms with Gasteiger partial charge in [0.15, 0.2) is 5.82 Å². The molecule has 2 aromatic rings. The van der Waals surface area contributed by atoms with Crippen molar-refractivity contribution in [2.24, 2.45) is 0 Å². The molecule has 7 nitrogen and oxygen atoms in total. The van der Waals surface area contributed by atoms with E-state index in [2.05, 4.69) is 26.8 Å². The fourth-order valence-corrected chi connectivity index (χ4v) is 3.09. The number of hydrogen-bond acceptors (Lipinski definition) is 6. The van der Waals surface area contributed by atoms with Crippen LogP contribution in [-0.2, 0) is 11.2 Å². The molecule has 3 rings (SSSR count). The molecule has 0 aromatic carbocycles. The Morgan fingerprint density at radius 1 is 1.35 bits per heavy atom. The second-order valence-corrected chi connectivity index (χ2v) is 6.46. The molecular weight excluding hydrogens is 330 g/mol. The Morgan fingerprint density at radius 2 is 2.19 bits per heavy atom. The topological polar surface area (TPSA) is 71.5 Å². The zero-order valence-electron chi connectivity index (χ0n) is 15.3. The lowest BCUT2D eigenvalue weighted by atomic mass is 10.1. The largest absolute Gasteiger partial charge is 0.475 e. The third kappa shape index (κ3) is 4.28. The van der Waals surface area contributed by atoms with Gasteiger partial charge in [-0.05, 0) is 24.5 Å². The summed E-state index contributed by atoms with van der Waals surface area (Å²) in [6.45, 7) is 4.24. The highest BCUT2D eigenvalue weighted by Crippen LogP contribution is 2.27. The number of amides is 1. The molecule has 0 bridgehead atoms. The minimum atomic E-state index is 0.103. The number of ether oxygens (including phenoxy) is 1.